The molecule has 0 aliphatic rings. The van der Waals surface area contributed by atoms with Crippen LogP contribution < -0.4 is 5.32 Å². The van der Waals surface area contributed by atoms with Crippen LogP contribution in [-0.4, -0.2) is 24.9 Å². The predicted molar refractivity (Wildman–Crippen MR) is 65.8 cm³/mol. The molecule has 1 amide bonds. The van der Waals surface area contributed by atoms with Crippen molar-refractivity contribution in [2.45, 2.75) is 13.3 Å². The first-order valence-electron chi connectivity index (χ1n) is 5.22. The van der Waals surface area contributed by atoms with Crippen molar-refractivity contribution in [3.8, 4) is 11.8 Å². The number of aliphatic hydroxyl groups excluding tert-OH is 1. The summed E-state index contributed by atoms with van der Waals surface area (Å²) in [6.45, 7) is 1.96. The van der Waals surface area contributed by atoms with Crippen LogP contribution in [0.3, 0.4) is 0 Å². The van der Waals surface area contributed by atoms with Crippen LogP contribution in [0.2, 0.25) is 0 Å². The molecule has 0 unspecified atom stereocenters. The molecule has 4 heteroatoms. The van der Waals surface area contributed by atoms with Crippen LogP contribution in [0.4, 0.5) is 10.5 Å². The number of carbonyl (C=O) groups excluding carboxylic acids is 1. The molecule has 0 saturated heterocycles. The number of amides is 1. The number of hydrogen-bond acceptors (Lipinski definition) is 3. The number of ether oxygens (including phenoxy) is 1. The summed E-state index contributed by atoms with van der Waals surface area (Å²) in [7, 11) is 1.31. The van der Waals surface area contributed by atoms with E-state index in [1.807, 2.05) is 19.1 Å². The lowest BCUT2D eigenvalue weighted by Crippen LogP contribution is -2.11. The molecule has 0 heterocycles. The largest absolute Gasteiger partial charge is 0.453 e. The van der Waals surface area contributed by atoms with Crippen LogP contribution in [0.1, 0.15) is 17.5 Å². The lowest BCUT2D eigenvalue weighted by molar-refractivity contribution is 0.187. The van der Waals surface area contributed by atoms with Gasteiger partial charge in [0.2, 0.25) is 0 Å². The molecule has 0 bridgehead atoms. The van der Waals surface area contributed by atoms with Gasteiger partial charge < -0.3 is 9.84 Å². The molecule has 4 nitrogen and oxygen atoms in total. The van der Waals surface area contributed by atoms with Crippen molar-refractivity contribution < 1.29 is 14.6 Å². The first-order chi connectivity index (χ1) is 8.15. The second-order valence-electron chi connectivity index (χ2n) is 3.48. The van der Waals surface area contributed by atoms with Crippen LogP contribution in [0.25, 0.3) is 0 Å². The summed E-state index contributed by atoms with van der Waals surface area (Å²) >= 11 is 0. The van der Waals surface area contributed by atoms with Crippen molar-refractivity contribution in [2.75, 3.05) is 19.0 Å². The zero-order chi connectivity index (χ0) is 12.7. The molecule has 1 aromatic carbocycles. The normalized spacial score (nSPS) is 9.12. The van der Waals surface area contributed by atoms with Crippen molar-refractivity contribution in [1.29, 1.82) is 0 Å². The van der Waals surface area contributed by atoms with E-state index in [0.717, 1.165) is 11.1 Å². The highest BCUT2D eigenvalue weighted by Crippen LogP contribution is 2.14. The molecule has 0 radical (unpaired) electrons. The van der Waals surface area contributed by atoms with Gasteiger partial charge in [0.25, 0.3) is 0 Å². The SMILES string of the molecule is COC(=O)Nc1cc(C)cc(C#CCCO)c1. The van der Waals surface area contributed by atoms with Crippen LogP contribution in [-0.2, 0) is 4.74 Å². The van der Waals surface area contributed by atoms with Crippen molar-refractivity contribution in [3.63, 3.8) is 0 Å². The summed E-state index contributed by atoms with van der Waals surface area (Å²) < 4.78 is 4.51. The van der Waals surface area contributed by atoms with E-state index in [2.05, 4.69) is 21.9 Å². The van der Waals surface area contributed by atoms with Crippen LogP contribution >= 0.6 is 0 Å². The third kappa shape index (κ3) is 4.58. The van der Waals surface area contributed by atoms with Gasteiger partial charge in [-0.1, -0.05) is 11.8 Å². The van der Waals surface area contributed by atoms with Gasteiger partial charge in [0.15, 0.2) is 0 Å². The van der Waals surface area contributed by atoms with Gasteiger partial charge in [-0.05, 0) is 30.7 Å². The fraction of sp³-hybridized carbons (Fsp3) is 0.308. The number of aliphatic hydroxyl groups is 1. The van der Waals surface area contributed by atoms with Crippen LogP contribution in [0.5, 0.6) is 0 Å². The Balaban J connectivity index is 2.87. The van der Waals surface area contributed by atoms with E-state index in [4.69, 9.17) is 5.11 Å². The van der Waals surface area contributed by atoms with Crippen molar-refractivity contribution in [2.24, 2.45) is 0 Å². The van der Waals surface area contributed by atoms with Gasteiger partial charge in [-0.25, -0.2) is 4.79 Å². The Morgan fingerprint density at radius 1 is 1.47 bits per heavy atom. The molecule has 0 atom stereocenters. The standard InChI is InChI=1S/C13H15NO3/c1-10-7-11(5-3-4-6-15)9-12(8-10)14-13(16)17-2/h7-9,15H,4,6H2,1-2H3,(H,14,16). The number of rotatable bonds is 2. The molecule has 1 aromatic rings. The number of methoxy groups -OCH3 is 1. The maximum Gasteiger partial charge on any atom is 0.411 e. The molecule has 17 heavy (non-hydrogen) atoms. The van der Waals surface area contributed by atoms with Crippen molar-refractivity contribution in [3.05, 3.63) is 29.3 Å². The number of nitrogens with one attached hydrogen (secondary N) is 1. The van der Waals surface area contributed by atoms with E-state index >= 15 is 0 Å². The molecule has 0 aliphatic heterocycles. The highest BCUT2D eigenvalue weighted by atomic mass is 16.5. The molecule has 0 aliphatic carbocycles. The second kappa shape index (κ2) is 6.56. The van der Waals surface area contributed by atoms with E-state index in [0.29, 0.717) is 12.1 Å². The molecular formula is C13H15NO3. The maximum absolute atomic E-state index is 11.1. The summed E-state index contributed by atoms with van der Waals surface area (Å²) in [5.41, 5.74) is 2.43. The third-order valence-corrected chi connectivity index (χ3v) is 1.98. The van der Waals surface area contributed by atoms with Gasteiger partial charge in [-0.15, -0.1) is 0 Å². The zero-order valence-corrected chi connectivity index (χ0v) is 9.91. The minimum atomic E-state index is -0.509. The molecule has 2 N–H and O–H groups in total. The Morgan fingerprint density at radius 3 is 2.88 bits per heavy atom. The average Bonchev–Trinajstić information content (AvgIpc) is 2.28. The van der Waals surface area contributed by atoms with Gasteiger partial charge in [-0.3, -0.25) is 5.32 Å². The van der Waals surface area contributed by atoms with E-state index < -0.39 is 6.09 Å². The molecule has 1 rings (SSSR count). The van der Waals surface area contributed by atoms with E-state index in [-0.39, 0.29) is 6.61 Å². The third-order valence-electron chi connectivity index (χ3n) is 1.98. The number of hydrogen-bond donors (Lipinski definition) is 2. The Morgan fingerprint density at radius 2 is 2.24 bits per heavy atom. The minimum absolute atomic E-state index is 0.0477. The van der Waals surface area contributed by atoms with Gasteiger partial charge in [0.05, 0.1) is 13.7 Å². The maximum atomic E-state index is 11.1. The fourth-order valence-electron chi connectivity index (χ4n) is 1.32. The summed E-state index contributed by atoms with van der Waals surface area (Å²) in [5, 5.41) is 11.2. The highest BCUT2D eigenvalue weighted by Gasteiger charge is 2.01. The summed E-state index contributed by atoms with van der Waals surface area (Å²) in [4.78, 5) is 11.1. The Bertz CT molecular complexity index is 457. The molecule has 90 valence electrons. The Kier molecular flexibility index (Phi) is 5.05. The predicted octanol–water partition coefficient (Wildman–Crippen LogP) is 1.91. The summed E-state index contributed by atoms with van der Waals surface area (Å²) in [5.74, 6) is 5.75. The lowest BCUT2D eigenvalue weighted by Gasteiger charge is -2.05. The molecule has 0 aromatic heterocycles. The van der Waals surface area contributed by atoms with Crippen molar-refractivity contribution >= 4 is 11.8 Å². The Hall–Kier alpha value is -1.99. The lowest BCUT2D eigenvalue weighted by atomic mass is 10.1. The minimum Gasteiger partial charge on any atom is -0.453 e. The average molecular weight is 233 g/mol. The number of carbonyl (C=O) groups is 1. The first-order valence-corrected chi connectivity index (χ1v) is 5.22. The van der Waals surface area contributed by atoms with Crippen LogP contribution in [0, 0.1) is 18.8 Å². The van der Waals surface area contributed by atoms with Gasteiger partial charge in [0.1, 0.15) is 0 Å². The zero-order valence-electron chi connectivity index (χ0n) is 9.91. The van der Waals surface area contributed by atoms with E-state index in [1.165, 1.54) is 7.11 Å². The number of benzene rings is 1. The van der Waals surface area contributed by atoms with Crippen molar-refractivity contribution in [1.82, 2.24) is 0 Å². The topological polar surface area (TPSA) is 58.6 Å². The van der Waals surface area contributed by atoms with E-state index in [1.54, 1.807) is 6.07 Å². The van der Waals surface area contributed by atoms with Crippen LogP contribution in [0.15, 0.2) is 18.2 Å². The molecule has 0 fully saturated rings. The monoisotopic (exact) mass is 233 g/mol. The quantitative estimate of drug-likeness (QED) is 0.767. The van der Waals surface area contributed by atoms with Gasteiger partial charge in [0, 0.05) is 17.7 Å². The molecular weight excluding hydrogens is 218 g/mol. The van der Waals surface area contributed by atoms with Gasteiger partial charge >= 0.3 is 6.09 Å². The fourth-order valence-corrected chi connectivity index (χ4v) is 1.32. The first kappa shape index (κ1) is 13.1. The Labute approximate surface area is 101 Å². The summed E-state index contributed by atoms with van der Waals surface area (Å²) in [6.07, 6.45) is -0.0712. The highest BCUT2D eigenvalue weighted by molar-refractivity contribution is 5.84. The number of aryl methyl sites for hydroxylation is 1. The summed E-state index contributed by atoms with van der Waals surface area (Å²) in [6, 6.07) is 5.50. The molecule has 0 saturated carbocycles. The van der Waals surface area contributed by atoms with E-state index in [9.17, 15) is 4.79 Å². The molecule has 0 spiro atoms. The van der Waals surface area contributed by atoms with Gasteiger partial charge in [-0.2, -0.15) is 0 Å². The smallest absolute Gasteiger partial charge is 0.411 e. The number of anilines is 1. The second-order valence-corrected chi connectivity index (χ2v) is 3.48.